The molecule has 0 heterocycles. The van der Waals surface area contributed by atoms with Gasteiger partial charge in [0, 0.05) is 46.4 Å². The summed E-state index contributed by atoms with van der Waals surface area (Å²) in [5.41, 5.74) is 2.00. The summed E-state index contributed by atoms with van der Waals surface area (Å²) in [5, 5.41) is 10.6. The second kappa shape index (κ2) is 22.6. The molecular weight excluding hydrogens is 885 g/mol. The van der Waals surface area contributed by atoms with E-state index in [-0.39, 0.29) is 67.9 Å². The lowest BCUT2D eigenvalue weighted by molar-refractivity contribution is -0.118. The van der Waals surface area contributed by atoms with Gasteiger partial charge in [0.2, 0.25) is 0 Å². The van der Waals surface area contributed by atoms with Crippen molar-refractivity contribution < 1.29 is 57.4 Å². The van der Waals surface area contributed by atoms with Crippen LogP contribution in [0.3, 0.4) is 0 Å². The van der Waals surface area contributed by atoms with Gasteiger partial charge in [0.15, 0.2) is 30.6 Å². The van der Waals surface area contributed by atoms with Crippen molar-refractivity contribution in [3.63, 3.8) is 0 Å². The molecule has 0 radical (unpaired) electrons. The number of esters is 2. The summed E-state index contributed by atoms with van der Waals surface area (Å²) in [4.78, 5) is 116. The summed E-state index contributed by atoms with van der Waals surface area (Å²) < 4.78 is 16.1. The summed E-state index contributed by atoms with van der Waals surface area (Å²) >= 11 is 0. The maximum absolute atomic E-state index is 14.0. The summed E-state index contributed by atoms with van der Waals surface area (Å²) in [6.07, 6.45) is 1.95. The van der Waals surface area contributed by atoms with Crippen LogP contribution in [0.15, 0.2) is 159 Å². The number of ketones is 3. The fourth-order valence-corrected chi connectivity index (χ4v) is 6.50. The number of rotatable bonds is 19. The van der Waals surface area contributed by atoms with E-state index in [1.54, 1.807) is 60.7 Å². The van der Waals surface area contributed by atoms with Gasteiger partial charge in [0.25, 0.3) is 23.6 Å². The lowest BCUT2D eigenvalue weighted by atomic mass is 10.0. The van der Waals surface area contributed by atoms with Crippen LogP contribution in [-0.4, -0.2) is 73.2 Å². The lowest BCUT2D eigenvalue weighted by Crippen LogP contribution is -2.22. The molecule has 346 valence electrons. The first-order valence-corrected chi connectivity index (χ1v) is 20.8. The number of hydrogen-bond acceptors (Lipinski definition) is 12. The first-order valence-electron chi connectivity index (χ1n) is 20.8. The number of amides is 4. The average Bonchev–Trinajstić information content (AvgIpc) is 3.36. The molecule has 6 aromatic carbocycles. The topological polar surface area (TPSA) is 229 Å². The van der Waals surface area contributed by atoms with Gasteiger partial charge < -0.3 is 35.5 Å². The monoisotopic (exact) mass is 926 g/mol. The molecule has 0 aliphatic heterocycles. The Morgan fingerprint density at radius 2 is 0.870 bits per heavy atom. The Labute approximate surface area is 395 Å². The zero-order valence-electron chi connectivity index (χ0n) is 37.1. The maximum Gasteiger partial charge on any atom is 0.339 e. The Kier molecular flexibility index (Phi) is 16.0. The number of carbonyl (C=O) groups excluding carboxylic acids is 9. The van der Waals surface area contributed by atoms with Crippen molar-refractivity contribution in [2.45, 2.75) is 6.92 Å². The molecule has 16 heteroatoms. The standard InChI is InChI=1S/C53H42N4O12/c1-5-39(58)29-67-52(65)43-21-19-41(27-45(43)50(63)54-4)69-42-20-22-44(53(66)68-30-40(59)6-2)46(28-42)51(64)57-38-18-10-15-35(26-38)49(62)56-37-17-9-13-33(25-37)47(60)32-12-8-16-36(24-32)55-48(61)34-14-7-11-31(3)23-34/h5-28H,1-2,29-30H2,3-4H3,(H,54,63)(H,55,61)(H,56,62)(H,57,64). The van der Waals surface area contributed by atoms with Crippen molar-refractivity contribution in [3.05, 3.63) is 209 Å². The predicted molar refractivity (Wildman–Crippen MR) is 255 cm³/mol. The first-order chi connectivity index (χ1) is 33.1. The number of benzene rings is 6. The summed E-state index contributed by atoms with van der Waals surface area (Å²) in [7, 11) is 1.34. The number of nitrogens with one attached hydrogen (secondary N) is 4. The van der Waals surface area contributed by atoms with Crippen molar-refractivity contribution in [1.29, 1.82) is 0 Å². The molecule has 69 heavy (non-hydrogen) atoms. The van der Waals surface area contributed by atoms with Gasteiger partial charge in [-0.2, -0.15) is 0 Å². The molecule has 0 saturated heterocycles. The normalized spacial score (nSPS) is 10.3. The third-order valence-corrected chi connectivity index (χ3v) is 9.95. The van der Waals surface area contributed by atoms with Crippen molar-refractivity contribution >= 4 is 70.0 Å². The largest absolute Gasteiger partial charge is 0.457 e. The van der Waals surface area contributed by atoms with Gasteiger partial charge in [0.05, 0.1) is 22.3 Å². The molecule has 0 bridgehead atoms. The third-order valence-electron chi connectivity index (χ3n) is 9.95. The van der Waals surface area contributed by atoms with E-state index in [1.165, 1.54) is 73.8 Å². The van der Waals surface area contributed by atoms with Crippen molar-refractivity contribution in [3.8, 4) is 11.5 Å². The Balaban J connectivity index is 1.19. The Morgan fingerprint density at radius 1 is 0.464 bits per heavy atom. The highest BCUT2D eigenvalue weighted by Gasteiger charge is 2.23. The van der Waals surface area contributed by atoms with E-state index in [0.717, 1.165) is 17.7 Å². The van der Waals surface area contributed by atoms with E-state index in [2.05, 4.69) is 34.4 Å². The highest BCUT2D eigenvalue weighted by molar-refractivity contribution is 6.14. The van der Waals surface area contributed by atoms with Crippen LogP contribution in [0.4, 0.5) is 17.1 Å². The zero-order valence-corrected chi connectivity index (χ0v) is 37.1. The zero-order chi connectivity index (χ0) is 49.6. The van der Waals surface area contributed by atoms with Gasteiger partial charge in [-0.3, -0.25) is 33.6 Å². The van der Waals surface area contributed by atoms with Crippen LogP contribution in [-0.2, 0) is 19.1 Å². The van der Waals surface area contributed by atoms with Crippen LogP contribution in [0.5, 0.6) is 11.5 Å². The second-order valence-electron chi connectivity index (χ2n) is 14.9. The minimum absolute atomic E-state index is 0.0138. The van der Waals surface area contributed by atoms with E-state index in [4.69, 9.17) is 14.2 Å². The maximum atomic E-state index is 14.0. The summed E-state index contributed by atoms with van der Waals surface area (Å²) in [6.45, 7) is 7.31. The van der Waals surface area contributed by atoms with E-state index >= 15 is 0 Å². The Bertz CT molecular complexity index is 3080. The van der Waals surface area contributed by atoms with Crippen molar-refractivity contribution in [2.24, 2.45) is 0 Å². The molecule has 0 atom stereocenters. The number of anilines is 3. The molecule has 0 aliphatic carbocycles. The van der Waals surface area contributed by atoms with E-state index < -0.39 is 54.4 Å². The molecule has 0 saturated carbocycles. The molecule has 0 aromatic heterocycles. The SMILES string of the molecule is C=CC(=O)COC(=O)c1ccc(Oc2ccc(C(=O)OCC(=O)C=C)c(C(=O)Nc3cccc(C(=O)Nc4cccc(C(=O)c5cccc(NC(=O)c6cccc(C)c6)c5)c4)c3)c2)cc1C(=O)NC. The van der Waals surface area contributed by atoms with Crippen LogP contribution in [0, 0.1) is 6.92 Å². The molecule has 0 unspecified atom stereocenters. The Morgan fingerprint density at radius 3 is 1.32 bits per heavy atom. The van der Waals surface area contributed by atoms with E-state index in [1.807, 2.05) is 13.0 Å². The van der Waals surface area contributed by atoms with Gasteiger partial charge in [0.1, 0.15) is 11.5 Å². The molecule has 0 aliphatic rings. The lowest BCUT2D eigenvalue weighted by Gasteiger charge is -2.14. The molecular formula is C53H42N4O12. The van der Waals surface area contributed by atoms with Crippen LogP contribution >= 0.6 is 0 Å². The van der Waals surface area contributed by atoms with Gasteiger partial charge in [-0.1, -0.05) is 61.2 Å². The van der Waals surface area contributed by atoms with Crippen LogP contribution in [0.2, 0.25) is 0 Å². The highest BCUT2D eigenvalue weighted by atomic mass is 16.5. The smallest absolute Gasteiger partial charge is 0.339 e. The minimum atomic E-state index is -1.03. The fourth-order valence-electron chi connectivity index (χ4n) is 6.50. The number of aryl methyl sites for hydroxylation is 1. The highest BCUT2D eigenvalue weighted by Crippen LogP contribution is 2.29. The third kappa shape index (κ3) is 12.8. The molecule has 0 spiro atoms. The minimum Gasteiger partial charge on any atom is -0.457 e. The number of hydrogen-bond donors (Lipinski definition) is 4. The fraction of sp³-hybridized carbons (Fsp3) is 0.0755. The molecule has 0 fully saturated rings. The summed E-state index contributed by atoms with van der Waals surface area (Å²) in [5.74, 6) is -5.97. The van der Waals surface area contributed by atoms with Crippen LogP contribution in [0.1, 0.15) is 83.6 Å². The van der Waals surface area contributed by atoms with Crippen LogP contribution in [0.25, 0.3) is 0 Å². The quantitative estimate of drug-likeness (QED) is 0.0345. The number of carbonyl (C=O) groups is 9. The van der Waals surface area contributed by atoms with E-state index in [9.17, 15) is 43.2 Å². The Hall–Kier alpha value is -9.57. The average molecular weight is 927 g/mol. The molecule has 4 amide bonds. The van der Waals surface area contributed by atoms with Crippen molar-refractivity contribution in [2.75, 3.05) is 36.2 Å². The van der Waals surface area contributed by atoms with Crippen LogP contribution < -0.4 is 26.0 Å². The van der Waals surface area contributed by atoms with Gasteiger partial charge >= 0.3 is 11.9 Å². The van der Waals surface area contributed by atoms with Gasteiger partial charge in [-0.25, -0.2) is 9.59 Å². The predicted octanol–water partition coefficient (Wildman–Crippen LogP) is 7.96. The molecule has 16 nitrogen and oxygen atoms in total. The molecule has 4 N–H and O–H groups in total. The molecule has 6 aromatic rings. The van der Waals surface area contributed by atoms with Gasteiger partial charge in [-0.15, -0.1) is 0 Å². The summed E-state index contributed by atoms with van der Waals surface area (Å²) in [6, 6.07) is 33.3. The number of ether oxygens (including phenoxy) is 3. The second-order valence-corrected chi connectivity index (χ2v) is 14.9. The molecule has 6 rings (SSSR count). The van der Waals surface area contributed by atoms with Crippen molar-refractivity contribution in [1.82, 2.24) is 5.32 Å². The van der Waals surface area contributed by atoms with Gasteiger partial charge in [-0.05, 0) is 110 Å². The first kappa shape index (κ1) is 48.9. The van der Waals surface area contributed by atoms with E-state index in [0.29, 0.717) is 16.8 Å².